The molecule has 118 valence electrons. The van der Waals surface area contributed by atoms with Gasteiger partial charge in [0.05, 0.1) is 5.02 Å². The molecule has 0 bridgehead atoms. The summed E-state index contributed by atoms with van der Waals surface area (Å²) < 4.78 is 0. The zero-order valence-electron chi connectivity index (χ0n) is 13.6. The second-order valence-corrected chi connectivity index (χ2v) is 7.16. The SMILES string of the molecule is CCNC(Cc1ccncc1Cl)C1CCC(C(C)C)CC1. The van der Waals surface area contributed by atoms with E-state index in [9.17, 15) is 0 Å². The van der Waals surface area contributed by atoms with Gasteiger partial charge < -0.3 is 5.32 Å². The first-order valence-corrected chi connectivity index (χ1v) is 8.81. The third-order valence-corrected chi connectivity index (χ3v) is 5.43. The fraction of sp³-hybridized carbons (Fsp3) is 0.722. The van der Waals surface area contributed by atoms with Crippen LogP contribution in [0, 0.1) is 17.8 Å². The van der Waals surface area contributed by atoms with Crippen LogP contribution in [0.5, 0.6) is 0 Å². The van der Waals surface area contributed by atoms with Crippen molar-refractivity contribution in [1.82, 2.24) is 10.3 Å². The number of hydrogen-bond acceptors (Lipinski definition) is 2. The van der Waals surface area contributed by atoms with Crippen LogP contribution in [0.3, 0.4) is 0 Å². The van der Waals surface area contributed by atoms with Gasteiger partial charge >= 0.3 is 0 Å². The van der Waals surface area contributed by atoms with Gasteiger partial charge in [0.2, 0.25) is 0 Å². The van der Waals surface area contributed by atoms with Gasteiger partial charge in [-0.05, 0) is 68.0 Å². The van der Waals surface area contributed by atoms with Crippen LogP contribution in [-0.4, -0.2) is 17.6 Å². The van der Waals surface area contributed by atoms with Crippen molar-refractivity contribution >= 4 is 11.6 Å². The van der Waals surface area contributed by atoms with E-state index in [2.05, 4.69) is 37.1 Å². The van der Waals surface area contributed by atoms with Gasteiger partial charge in [-0.2, -0.15) is 0 Å². The number of aromatic nitrogens is 1. The van der Waals surface area contributed by atoms with Crippen LogP contribution in [0.1, 0.15) is 52.0 Å². The predicted octanol–water partition coefficient (Wildman–Crippen LogP) is 4.72. The molecule has 1 unspecified atom stereocenters. The quantitative estimate of drug-likeness (QED) is 0.822. The minimum Gasteiger partial charge on any atom is -0.314 e. The number of nitrogens with zero attached hydrogens (tertiary/aromatic N) is 1. The van der Waals surface area contributed by atoms with E-state index in [-0.39, 0.29) is 0 Å². The highest BCUT2D eigenvalue weighted by atomic mass is 35.5. The third-order valence-electron chi connectivity index (χ3n) is 5.09. The van der Waals surface area contributed by atoms with E-state index in [0.717, 1.165) is 35.7 Å². The molecule has 2 rings (SSSR count). The molecule has 2 nitrogen and oxygen atoms in total. The number of pyridine rings is 1. The minimum atomic E-state index is 0.544. The van der Waals surface area contributed by atoms with Gasteiger partial charge in [0.15, 0.2) is 0 Å². The zero-order valence-corrected chi connectivity index (χ0v) is 14.4. The second-order valence-electron chi connectivity index (χ2n) is 6.75. The summed E-state index contributed by atoms with van der Waals surface area (Å²) in [7, 11) is 0. The third kappa shape index (κ3) is 4.69. The lowest BCUT2D eigenvalue weighted by Gasteiger charge is -2.36. The van der Waals surface area contributed by atoms with Gasteiger partial charge in [0.25, 0.3) is 0 Å². The summed E-state index contributed by atoms with van der Waals surface area (Å²) in [5, 5.41) is 4.50. The van der Waals surface area contributed by atoms with E-state index in [1.807, 2.05) is 6.20 Å². The Balaban J connectivity index is 1.98. The highest BCUT2D eigenvalue weighted by molar-refractivity contribution is 6.31. The molecule has 21 heavy (non-hydrogen) atoms. The van der Waals surface area contributed by atoms with Crippen molar-refractivity contribution in [3.63, 3.8) is 0 Å². The molecule has 1 fully saturated rings. The normalized spacial score (nSPS) is 24.2. The van der Waals surface area contributed by atoms with Crippen molar-refractivity contribution in [2.24, 2.45) is 17.8 Å². The van der Waals surface area contributed by atoms with Crippen LogP contribution < -0.4 is 5.32 Å². The van der Waals surface area contributed by atoms with Crippen LogP contribution in [-0.2, 0) is 6.42 Å². The largest absolute Gasteiger partial charge is 0.314 e. The molecule has 0 spiro atoms. The van der Waals surface area contributed by atoms with E-state index in [4.69, 9.17) is 11.6 Å². The molecule has 1 aromatic rings. The van der Waals surface area contributed by atoms with Crippen LogP contribution in [0.4, 0.5) is 0 Å². The van der Waals surface area contributed by atoms with Crippen LogP contribution >= 0.6 is 11.6 Å². The molecular formula is C18H29ClN2. The summed E-state index contributed by atoms with van der Waals surface area (Å²) in [6.45, 7) is 7.95. The number of nitrogens with one attached hydrogen (secondary N) is 1. The molecule has 3 heteroatoms. The maximum absolute atomic E-state index is 6.28. The fourth-order valence-electron chi connectivity index (χ4n) is 3.69. The molecule has 1 N–H and O–H groups in total. The van der Waals surface area contributed by atoms with Gasteiger partial charge in [0.1, 0.15) is 0 Å². The fourth-order valence-corrected chi connectivity index (χ4v) is 3.88. The van der Waals surface area contributed by atoms with E-state index >= 15 is 0 Å². The molecule has 0 radical (unpaired) electrons. The van der Waals surface area contributed by atoms with Gasteiger partial charge in [0, 0.05) is 18.4 Å². The van der Waals surface area contributed by atoms with E-state index in [0.29, 0.717) is 6.04 Å². The summed E-state index contributed by atoms with van der Waals surface area (Å²) in [6.07, 6.45) is 10.1. The van der Waals surface area contributed by atoms with Crippen molar-refractivity contribution in [2.45, 2.75) is 58.9 Å². The Kier molecular flexibility index (Phi) is 6.50. The monoisotopic (exact) mass is 308 g/mol. The van der Waals surface area contributed by atoms with Crippen molar-refractivity contribution in [3.8, 4) is 0 Å². The first-order valence-electron chi connectivity index (χ1n) is 8.43. The van der Waals surface area contributed by atoms with Gasteiger partial charge in [-0.25, -0.2) is 0 Å². The topological polar surface area (TPSA) is 24.9 Å². The van der Waals surface area contributed by atoms with E-state index < -0.39 is 0 Å². The molecule has 1 atom stereocenters. The molecule has 1 aromatic heterocycles. The standard InChI is InChI=1S/C18H29ClN2/c1-4-21-18(11-16-9-10-20-12-17(16)19)15-7-5-14(6-8-15)13(2)3/h9-10,12-15,18,21H,4-8,11H2,1-3H3. The average Bonchev–Trinajstić information content (AvgIpc) is 2.49. The minimum absolute atomic E-state index is 0.544. The highest BCUT2D eigenvalue weighted by Crippen LogP contribution is 2.35. The Hall–Kier alpha value is -0.600. The Bertz CT molecular complexity index is 425. The molecule has 0 amide bonds. The van der Waals surface area contributed by atoms with Gasteiger partial charge in [-0.1, -0.05) is 32.4 Å². The van der Waals surface area contributed by atoms with Gasteiger partial charge in [-0.3, -0.25) is 4.98 Å². The maximum atomic E-state index is 6.28. The number of rotatable bonds is 6. The second kappa shape index (κ2) is 8.14. The molecule has 0 aromatic carbocycles. The average molecular weight is 309 g/mol. The van der Waals surface area contributed by atoms with Crippen LogP contribution in [0.15, 0.2) is 18.5 Å². The Morgan fingerprint density at radius 3 is 2.48 bits per heavy atom. The summed E-state index contributed by atoms with van der Waals surface area (Å²) in [4.78, 5) is 4.09. The first-order chi connectivity index (χ1) is 10.1. The van der Waals surface area contributed by atoms with Crippen molar-refractivity contribution in [1.29, 1.82) is 0 Å². The molecular weight excluding hydrogens is 280 g/mol. The van der Waals surface area contributed by atoms with Crippen molar-refractivity contribution in [2.75, 3.05) is 6.54 Å². The molecule has 0 aliphatic heterocycles. The lowest BCUT2D eigenvalue weighted by atomic mass is 9.73. The lowest BCUT2D eigenvalue weighted by molar-refractivity contribution is 0.188. The Labute approximate surface area is 134 Å². The van der Waals surface area contributed by atoms with E-state index in [1.54, 1.807) is 6.20 Å². The first kappa shape index (κ1) is 16.8. The van der Waals surface area contributed by atoms with Gasteiger partial charge in [-0.15, -0.1) is 0 Å². The molecule has 1 aliphatic rings. The predicted molar refractivity (Wildman–Crippen MR) is 90.7 cm³/mol. The lowest BCUT2D eigenvalue weighted by Crippen LogP contribution is -2.40. The van der Waals surface area contributed by atoms with Crippen molar-refractivity contribution in [3.05, 3.63) is 29.0 Å². The molecule has 0 saturated heterocycles. The smallest absolute Gasteiger partial charge is 0.0621 e. The summed E-state index contributed by atoms with van der Waals surface area (Å²) >= 11 is 6.28. The number of likely N-dealkylation sites (N-methyl/N-ethyl adjacent to an activating group) is 1. The summed E-state index contributed by atoms with van der Waals surface area (Å²) in [5.41, 5.74) is 1.23. The summed E-state index contributed by atoms with van der Waals surface area (Å²) in [6, 6.07) is 2.61. The Morgan fingerprint density at radius 1 is 1.24 bits per heavy atom. The molecule has 1 heterocycles. The maximum Gasteiger partial charge on any atom is 0.0621 e. The highest BCUT2D eigenvalue weighted by Gasteiger charge is 2.28. The molecule has 1 saturated carbocycles. The number of halogens is 1. The van der Waals surface area contributed by atoms with Crippen molar-refractivity contribution < 1.29 is 0 Å². The molecule has 1 aliphatic carbocycles. The Morgan fingerprint density at radius 2 is 1.90 bits per heavy atom. The van der Waals surface area contributed by atoms with E-state index in [1.165, 1.54) is 31.2 Å². The zero-order chi connectivity index (χ0) is 15.2. The van der Waals surface area contributed by atoms with Crippen LogP contribution in [0.25, 0.3) is 0 Å². The number of hydrogen-bond donors (Lipinski definition) is 1. The summed E-state index contributed by atoms with van der Waals surface area (Å²) in [5.74, 6) is 2.54. The van der Waals surface area contributed by atoms with Crippen LogP contribution in [0.2, 0.25) is 5.02 Å².